The minimum Gasteiger partial charge on any atom is -0.310 e. The molecule has 1 aliphatic rings. The van der Waals surface area contributed by atoms with Gasteiger partial charge in [-0.3, -0.25) is 14.4 Å². The molecule has 2 aromatic rings. The first-order valence-electron chi connectivity index (χ1n) is 7.00. The normalized spacial score (nSPS) is 14.7. The van der Waals surface area contributed by atoms with Crippen LogP contribution in [-0.2, 0) is 33.1 Å². The first kappa shape index (κ1) is 14.3. The highest BCUT2D eigenvalue weighted by atomic mass is 35.5. The molecule has 0 fully saturated rings. The van der Waals surface area contributed by atoms with E-state index in [2.05, 4.69) is 26.9 Å². The number of hydrogen-bond acceptors (Lipinski definition) is 4. The predicted octanol–water partition coefficient (Wildman–Crippen LogP) is 1.54. The fourth-order valence-electron chi connectivity index (χ4n) is 2.83. The number of aromatic amines is 1. The van der Waals surface area contributed by atoms with E-state index in [1.807, 2.05) is 7.05 Å². The standard InChI is InChI=1S/C14H18ClN5O/c1-4-11-9(13(15)19(3)18-11)5-20-6-10-12(7-20)16-8(2)17-14(10)21/h4-7H2,1-3H3,(H,16,17,21). The van der Waals surface area contributed by atoms with Crippen molar-refractivity contribution >= 4 is 11.6 Å². The third kappa shape index (κ3) is 2.49. The van der Waals surface area contributed by atoms with Crippen LogP contribution >= 0.6 is 11.6 Å². The van der Waals surface area contributed by atoms with Gasteiger partial charge < -0.3 is 4.98 Å². The number of aryl methyl sites for hydroxylation is 3. The summed E-state index contributed by atoms with van der Waals surface area (Å²) >= 11 is 6.33. The summed E-state index contributed by atoms with van der Waals surface area (Å²) in [5, 5.41) is 5.09. The number of aromatic nitrogens is 4. The molecule has 0 atom stereocenters. The molecular formula is C14H18ClN5O. The average molecular weight is 308 g/mol. The third-order valence-electron chi connectivity index (χ3n) is 3.84. The summed E-state index contributed by atoms with van der Waals surface area (Å²) in [5.41, 5.74) is 3.65. The monoisotopic (exact) mass is 307 g/mol. The third-order valence-corrected chi connectivity index (χ3v) is 4.32. The summed E-state index contributed by atoms with van der Waals surface area (Å²) in [6.07, 6.45) is 0.842. The van der Waals surface area contributed by atoms with E-state index < -0.39 is 0 Å². The zero-order valence-corrected chi connectivity index (χ0v) is 13.2. The van der Waals surface area contributed by atoms with Gasteiger partial charge >= 0.3 is 0 Å². The lowest BCUT2D eigenvalue weighted by atomic mass is 10.2. The van der Waals surface area contributed by atoms with Gasteiger partial charge in [-0.05, 0) is 13.3 Å². The van der Waals surface area contributed by atoms with Gasteiger partial charge in [0, 0.05) is 32.2 Å². The Morgan fingerprint density at radius 2 is 2.14 bits per heavy atom. The van der Waals surface area contributed by atoms with Crippen LogP contribution in [-0.4, -0.2) is 24.6 Å². The number of hydrogen-bond donors (Lipinski definition) is 1. The van der Waals surface area contributed by atoms with Crippen molar-refractivity contribution in [3.8, 4) is 0 Å². The van der Waals surface area contributed by atoms with E-state index in [-0.39, 0.29) is 5.56 Å². The van der Waals surface area contributed by atoms with Crippen LogP contribution in [0.5, 0.6) is 0 Å². The molecule has 1 N–H and O–H groups in total. The van der Waals surface area contributed by atoms with Crippen LogP contribution < -0.4 is 5.56 Å². The topological polar surface area (TPSA) is 66.8 Å². The number of nitrogens with one attached hydrogen (secondary N) is 1. The van der Waals surface area contributed by atoms with Crippen molar-refractivity contribution < 1.29 is 0 Å². The van der Waals surface area contributed by atoms with E-state index in [1.165, 1.54) is 0 Å². The van der Waals surface area contributed by atoms with E-state index in [0.717, 1.165) is 28.9 Å². The van der Waals surface area contributed by atoms with Crippen LogP contribution in [0.1, 0.15) is 35.3 Å². The summed E-state index contributed by atoms with van der Waals surface area (Å²) in [4.78, 5) is 21.3. The maximum atomic E-state index is 12.0. The van der Waals surface area contributed by atoms with Crippen LogP contribution in [0.25, 0.3) is 0 Å². The molecule has 1 aliphatic heterocycles. The van der Waals surface area contributed by atoms with Gasteiger partial charge in [0.1, 0.15) is 11.0 Å². The Kier molecular flexibility index (Phi) is 3.59. The zero-order valence-electron chi connectivity index (χ0n) is 12.4. The second-order valence-electron chi connectivity index (χ2n) is 5.41. The van der Waals surface area contributed by atoms with Gasteiger partial charge in [0.05, 0.1) is 17.0 Å². The van der Waals surface area contributed by atoms with E-state index in [4.69, 9.17) is 11.6 Å². The molecule has 21 heavy (non-hydrogen) atoms. The molecule has 0 saturated carbocycles. The first-order valence-corrected chi connectivity index (χ1v) is 7.38. The summed E-state index contributed by atoms with van der Waals surface area (Å²) in [5.74, 6) is 0.661. The largest absolute Gasteiger partial charge is 0.310 e. The Morgan fingerprint density at radius 3 is 2.86 bits per heavy atom. The molecule has 2 aromatic heterocycles. The number of nitrogens with zero attached hydrogens (tertiary/aromatic N) is 4. The Hall–Kier alpha value is -1.66. The highest BCUT2D eigenvalue weighted by Crippen LogP contribution is 2.26. The van der Waals surface area contributed by atoms with E-state index in [1.54, 1.807) is 11.6 Å². The molecule has 0 aliphatic carbocycles. The molecule has 0 bridgehead atoms. The molecular weight excluding hydrogens is 290 g/mol. The lowest BCUT2D eigenvalue weighted by molar-refractivity contribution is 0.273. The van der Waals surface area contributed by atoms with Crippen molar-refractivity contribution in [2.45, 2.75) is 39.9 Å². The molecule has 112 valence electrons. The van der Waals surface area contributed by atoms with Gasteiger partial charge in [-0.1, -0.05) is 18.5 Å². The van der Waals surface area contributed by atoms with Crippen LogP contribution in [0.3, 0.4) is 0 Å². The van der Waals surface area contributed by atoms with Crippen LogP contribution in [0.2, 0.25) is 5.15 Å². The molecule has 6 nitrogen and oxygen atoms in total. The lowest BCUT2D eigenvalue weighted by Gasteiger charge is -2.14. The lowest BCUT2D eigenvalue weighted by Crippen LogP contribution is -2.19. The number of halogens is 1. The maximum absolute atomic E-state index is 12.0. The molecule has 0 radical (unpaired) electrons. The van der Waals surface area contributed by atoms with Crippen molar-refractivity contribution in [1.29, 1.82) is 0 Å². The Bertz CT molecular complexity index is 749. The number of H-pyrrole nitrogens is 1. The van der Waals surface area contributed by atoms with E-state index in [9.17, 15) is 4.79 Å². The quantitative estimate of drug-likeness (QED) is 0.934. The number of fused-ring (bicyclic) bond motifs is 1. The van der Waals surface area contributed by atoms with Crippen LogP contribution in [0, 0.1) is 6.92 Å². The van der Waals surface area contributed by atoms with Gasteiger partial charge in [0.2, 0.25) is 0 Å². The smallest absolute Gasteiger partial charge is 0.255 e. The summed E-state index contributed by atoms with van der Waals surface area (Å²) < 4.78 is 1.70. The first-order chi connectivity index (χ1) is 9.99. The SMILES string of the molecule is CCc1nn(C)c(Cl)c1CN1Cc2nc(C)[nH]c(=O)c2C1. The molecule has 0 aromatic carbocycles. The maximum Gasteiger partial charge on any atom is 0.255 e. The summed E-state index contributed by atoms with van der Waals surface area (Å²) in [7, 11) is 1.85. The molecule has 0 amide bonds. The van der Waals surface area contributed by atoms with Crippen molar-refractivity contribution in [1.82, 2.24) is 24.6 Å². The zero-order chi connectivity index (χ0) is 15.1. The highest BCUT2D eigenvalue weighted by Gasteiger charge is 2.25. The predicted molar refractivity (Wildman–Crippen MR) is 80.1 cm³/mol. The number of rotatable bonds is 3. The van der Waals surface area contributed by atoms with Gasteiger partial charge in [-0.15, -0.1) is 0 Å². The molecule has 0 spiro atoms. The summed E-state index contributed by atoms with van der Waals surface area (Å²) in [6.45, 7) is 5.83. The Labute approximate surface area is 127 Å². The molecule has 3 rings (SSSR count). The van der Waals surface area contributed by atoms with Crippen molar-refractivity contribution in [3.63, 3.8) is 0 Å². The second-order valence-corrected chi connectivity index (χ2v) is 5.77. The molecule has 7 heteroatoms. The second kappa shape index (κ2) is 5.27. The molecule has 0 saturated heterocycles. The van der Waals surface area contributed by atoms with Gasteiger partial charge in [0.25, 0.3) is 5.56 Å². The van der Waals surface area contributed by atoms with Crippen molar-refractivity contribution in [3.05, 3.63) is 43.8 Å². The van der Waals surface area contributed by atoms with Crippen molar-refractivity contribution in [2.75, 3.05) is 0 Å². The summed E-state index contributed by atoms with van der Waals surface area (Å²) in [6, 6.07) is 0. The van der Waals surface area contributed by atoms with Crippen LogP contribution in [0.4, 0.5) is 0 Å². The Morgan fingerprint density at radius 1 is 1.38 bits per heavy atom. The fraction of sp³-hybridized carbons (Fsp3) is 0.500. The van der Waals surface area contributed by atoms with E-state index >= 15 is 0 Å². The van der Waals surface area contributed by atoms with E-state index in [0.29, 0.717) is 30.6 Å². The Balaban J connectivity index is 1.86. The van der Waals surface area contributed by atoms with Crippen molar-refractivity contribution in [2.24, 2.45) is 7.05 Å². The van der Waals surface area contributed by atoms with Gasteiger partial charge in [-0.25, -0.2) is 4.98 Å². The van der Waals surface area contributed by atoms with Gasteiger partial charge in [0.15, 0.2) is 0 Å². The molecule has 0 unspecified atom stereocenters. The fourth-order valence-corrected chi connectivity index (χ4v) is 3.04. The minimum atomic E-state index is -0.0343. The van der Waals surface area contributed by atoms with Crippen LogP contribution in [0.15, 0.2) is 4.79 Å². The molecule has 3 heterocycles. The average Bonchev–Trinajstić information content (AvgIpc) is 2.94. The van der Waals surface area contributed by atoms with Gasteiger partial charge in [-0.2, -0.15) is 5.10 Å². The minimum absolute atomic E-state index is 0.0343. The highest BCUT2D eigenvalue weighted by molar-refractivity contribution is 6.30.